The highest BCUT2D eigenvalue weighted by Gasteiger charge is 2.12. The van der Waals surface area contributed by atoms with Crippen molar-refractivity contribution in [3.8, 4) is 5.75 Å². The summed E-state index contributed by atoms with van der Waals surface area (Å²) in [6, 6.07) is 14.6. The molecule has 4 heteroatoms. The molecule has 19 heavy (non-hydrogen) atoms. The number of thiophene rings is 1. The third kappa shape index (κ3) is 2.35. The molecule has 0 N–H and O–H groups in total. The lowest BCUT2D eigenvalue weighted by molar-refractivity contribution is 0.0742. The van der Waals surface area contributed by atoms with Gasteiger partial charge in [0.15, 0.2) is 0 Å². The lowest BCUT2D eigenvalue weighted by atomic mass is 10.1. The van der Waals surface area contributed by atoms with Crippen molar-refractivity contribution in [3.05, 3.63) is 63.8 Å². The van der Waals surface area contributed by atoms with Gasteiger partial charge in [-0.05, 0) is 23.6 Å². The predicted molar refractivity (Wildman–Crippen MR) is 78.2 cm³/mol. The first kappa shape index (κ1) is 12.2. The van der Waals surface area contributed by atoms with Crippen LogP contribution in [0.15, 0.2) is 53.9 Å². The van der Waals surface area contributed by atoms with Gasteiger partial charge in [-0.1, -0.05) is 41.9 Å². The summed E-state index contributed by atoms with van der Waals surface area (Å²) in [7, 11) is 0. The van der Waals surface area contributed by atoms with E-state index in [1.165, 1.54) is 11.3 Å². The second-order valence-electron chi connectivity index (χ2n) is 3.96. The van der Waals surface area contributed by atoms with Crippen molar-refractivity contribution in [2.24, 2.45) is 0 Å². The normalized spacial score (nSPS) is 10.6. The maximum atomic E-state index is 12.0. The molecule has 0 fully saturated rings. The van der Waals surface area contributed by atoms with Crippen LogP contribution in [0.5, 0.6) is 5.75 Å². The Morgan fingerprint density at radius 3 is 2.53 bits per heavy atom. The molecule has 1 heterocycles. The molecule has 0 aliphatic rings. The SMILES string of the molecule is O=C(Oc1ccc(Cl)c2ccccc12)c1cccs1. The van der Waals surface area contributed by atoms with E-state index < -0.39 is 0 Å². The Morgan fingerprint density at radius 2 is 1.79 bits per heavy atom. The lowest BCUT2D eigenvalue weighted by Gasteiger charge is -2.08. The molecule has 0 atom stereocenters. The van der Waals surface area contributed by atoms with E-state index in [1.54, 1.807) is 18.2 Å². The minimum atomic E-state index is -0.345. The maximum Gasteiger partial charge on any atom is 0.353 e. The number of hydrogen-bond donors (Lipinski definition) is 0. The van der Waals surface area contributed by atoms with E-state index >= 15 is 0 Å². The van der Waals surface area contributed by atoms with Gasteiger partial charge in [-0.15, -0.1) is 11.3 Å². The van der Waals surface area contributed by atoms with Crippen molar-refractivity contribution in [1.29, 1.82) is 0 Å². The highest BCUT2D eigenvalue weighted by Crippen LogP contribution is 2.31. The number of hydrogen-bond acceptors (Lipinski definition) is 3. The van der Waals surface area contributed by atoms with E-state index in [0.29, 0.717) is 15.6 Å². The van der Waals surface area contributed by atoms with Crippen LogP contribution < -0.4 is 4.74 Å². The van der Waals surface area contributed by atoms with Gasteiger partial charge in [0.2, 0.25) is 0 Å². The van der Waals surface area contributed by atoms with Gasteiger partial charge in [0.25, 0.3) is 0 Å². The van der Waals surface area contributed by atoms with Gasteiger partial charge in [0.1, 0.15) is 10.6 Å². The minimum absolute atomic E-state index is 0.345. The van der Waals surface area contributed by atoms with Crippen molar-refractivity contribution in [3.63, 3.8) is 0 Å². The third-order valence-electron chi connectivity index (χ3n) is 2.76. The molecule has 0 spiro atoms. The van der Waals surface area contributed by atoms with Gasteiger partial charge < -0.3 is 4.74 Å². The smallest absolute Gasteiger partial charge is 0.353 e. The molecule has 2 nitrogen and oxygen atoms in total. The summed E-state index contributed by atoms with van der Waals surface area (Å²) >= 11 is 7.48. The molecule has 0 amide bonds. The van der Waals surface area contributed by atoms with Crippen molar-refractivity contribution in [2.45, 2.75) is 0 Å². The molecule has 0 saturated heterocycles. The largest absolute Gasteiger partial charge is 0.422 e. The minimum Gasteiger partial charge on any atom is -0.422 e. The van der Waals surface area contributed by atoms with Crippen molar-refractivity contribution < 1.29 is 9.53 Å². The molecule has 94 valence electrons. The summed E-state index contributed by atoms with van der Waals surface area (Å²) in [5, 5.41) is 4.20. The fourth-order valence-electron chi connectivity index (χ4n) is 1.87. The Bertz CT molecular complexity index is 735. The molecule has 0 aliphatic carbocycles. The highest BCUT2D eigenvalue weighted by atomic mass is 35.5. The lowest BCUT2D eigenvalue weighted by Crippen LogP contribution is -2.06. The number of rotatable bonds is 2. The molecular weight excluding hydrogens is 280 g/mol. The second-order valence-corrected chi connectivity index (χ2v) is 5.31. The van der Waals surface area contributed by atoms with Gasteiger partial charge in [-0.2, -0.15) is 0 Å². The molecule has 1 aromatic heterocycles. The van der Waals surface area contributed by atoms with Gasteiger partial charge in [-0.3, -0.25) is 0 Å². The molecule has 0 aliphatic heterocycles. The van der Waals surface area contributed by atoms with Crippen LogP contribution >= 0.6 is 22.9 Å². The Morgan fingerprint density at radius 1 is 1.00 bits per heavy atom. The predicted octanol–water partition coefficient (Wildman–Crippen LogP) is 4.77. The third-order valence-corrected chi connectivity index (χ3v) is 3.94. The molecule has 0 unspecified atom stereocenters. The number of ether oxygens (including phenoxy) is 1. The van der Waals surface area contributed by atoms with E-state index in [4.69, 9.17) is 16.3 Å². The average molecular weight is 289 g/mol. The van der Waals surface area contributed by atoms with Gasteiger partial charge in [0.05, 0.1) is 0 Å². The van der Waals surface area contributed by atoms with E-state index in [2.05, 4.69) is 0 Å². The number of carbonyl (C=O) groups excluding carboxylic acids is 1. The topological polar surface area (TPSA) is 26.3 Å². The van der Waals surface area contributed by atoms with Crippen LogP contribution in [-0.2, 0) is 0 Å². The van der Waals surface area contributed by atoms with Gasteiger partial charge in [0, 0.05) is 15.8 Å². The zero-order chi connectivity index (χ0) is 13.2. The summed E-state index contributed by atoms with van der Waals surface area (Å²) in [6.07, 6.45) is 0. The van der Waals surface area contributed by atoms with Crippen LogP contribution in [0.25, 0.3) is 10.8 Å². The van der Waals surface area contributed by atoms with Crippen LogP contribution in [0.2, 0.25) is 5.02 Å². The second kappa shape index (κ2) is 5.03. The molecule has 3 rings (SSSR count). The summed E-state index contributed by atoms with van der Waals surface area (Å²) in [5.41, 5.74) is 0. The monoisotopic (exact) mass is 288 g/mol. The fourth-order valence-corrected chi connectivity index (χ4v) is 2.70. The number of benzene rings is 2. The first-order valence-electron chi connectivity index (χ1n) is 5.68. The summed E-state index contributed by atoms with van der Waals surface area (Å²) < 4.78 is 5.44. The summed E-state index contributed by atoms with van der Waals surface area (Å²) in [5.74, 6) is 0.181. The van der Waals surface area contributed by atoms with Gasteiger partial charge in [-0.25, -0.2) is 4.79 Å². The van der Waals surface area contributed by atoms with Crippen LogP contribution in [0, 0.1) is 0 Å². The number of halogens is 1. The number of fused-ring (bicyclic) bond motifs is 1. The van der Waals surface area contributed by atoms with Crippen LogP contribution in [-0.4, -0.2) is 5.97 Å². The zero-order valence-corrected chi connectivity index (χ0v) is 11.4. The molecule has 0 saturated carbocycles. The van der Waals surface area contributed by atoms with E-state index in [9.17, 15) is 4.79 Å². The Kier molecular flexibility index (Phi) is 3.23. The zero-order valence-electron chi connectivity index (χ0n) is 9.80. The van der Waals surface area contributed by atoms with E-state index in [-0.39, 0.29) is 5.97 Å². The number of esters is 1. The fraction of sp³-hybridized carbons (Fsp3) is 0. The standard InChI is InChI=1S/C15H9ClO2S/c16-12-7-8-13(11-5-2-1-4-10(11)12)18-15(17)14-6-3-9-19-14/h1-9H. The highest BCUT2D eigenvalue weighted by molar-refractivity contribution is 7.12. The van der Waals surface area contributed by atoms with E-state index in [1.807, 2.05) is 35.7 Å². The van der Waals surface area contributed by atoms with Crippen molar-refractivity contribution in [1.82, 2.24) is 0 Å². The summed E-state index contributed by atoms with van der Waals surface area (Å²) in [6.45, 7) is 0. The Labute approximate surface area is 119 Å². The first-order chi connectivity index (χ1) is 9.25. The Hall–Kier alpha value is -1.84. The van der Waals surface area contributed by atoms with Gasteiger partial charge >= 0.3 is 5.97 Å². The first-order valence-corrected chi connectivity index (χ1v) is 6.94. The molecule has 0 bridgehead atoms. The molecule has 0 radical (unpaired) electrons. The molecule has 3 aromatic rings. The van der Waals surface area contributed by atoms with Crippen LogP contribution in [0.4, 0.5) is 0 Å². The quantitative estimate of drug-likeness (QED) is 0.501. The molecular formula is C15H9ClO2S. The van der Waals surface area contributed by atoms with E-state index in [0.717, 1.165) is 10.8 Å². The maximum absolute atomic E-state index is 12.0. The summed E-state index contributed by atoms with van der Waals surface area (Å²) in [4.78, 5) is 12.5. The molecule has 2 aromatic carbocycles. The van der Waals surface area contributed by atoms with Crippen LogP contribution in [0.3, 0.4) is 0 Å². The average Bonchev–Trinajstić information content (AvgIpc) is 2.96. The van der Waals surface area contributed by atoms with Crippen molar-refractivity contribution >= 4 is 39.7 Å². The van der Waals surface area contributed by atoms with Crippen molar-refractivity contribution in [2.75, 3.05) is 0 Å². The number of carbonyl (C=O) groups is 1. The van der Waals surface area contributed by atoms with Crippen LogP contribution in [0.1, 0.15) is 9.67 Å². The Balaban J connectivity index is 2.02.